The van der Waals surface area contributed by atoms with Crippen molar-refractivity contribution in [1.82, 2.24) is 19.8 Å². The van der Waals surface area contributed by atoms with E-state index in [1.165, 1.54) is 35.5 Å². The molecule has 11 heteroatoms. The van der Waals surface area contributed by atoms with Gasteiger partial charge in [-0.2, -0.15) is 0 Å². The smallest absolute Gasteiger partial charge is 0.258 e. The number of carbonyl (C=O) groups excluding carboxylic acids is 1. The SMILES string of the molecule is CC1CC2CC(Oc3cc(F)ccc3C(=O)N3CC(N)=C(c4ncc(Cl)cn4)C3)CC1N2CC(F)F. The summed E-state index contributed by atoms with van der Waals surface area (Å²) >= 11 is 5.87. The van der Waals surface area contributed by atoms with Gasteiger partial charge in [0.05, 0.1) is 30.2 Å². The Morgan fingerprint density at radius 1 is 1.22 bits per heavy atom. The van der Waals surface area contributed by atoms with Gasteiger partial charge in [0.1, 0.15) is 17.7 Å². The van der Waals surface area contributed by atoms with Gasteiger partial charge in [-0.15, -0.1) is 0 Å². The molecule has 2 saturated heterocycles. The third-order valence-corrected chi connectivity index (χ3v) is 7.52. The highest BCUT2D eigenvalue weighted by atomic mass is 35.5. The van der Waals surface area contributed by atoms with Gasteiger partial charge in [-0.05, 0) is 30.9 Å². The molecule has 5 rings (SSSR count). The zero-order valence-corrected chi connectivity index (χ0v) is 20.5. The molecule has 0 aliphatic carbocycles. The Kier molecular flexibility index (Phi) is 6.82. The molecule has 0 saturated carbocycles. The van der Waals surface area contributed by atoms with Crippen LogP contribution in [0.3, 0.4) is 0 Å². The van der Waals surface area contributed by atoms with Crippen LogP contribution in [0.15, 0.2) is 36.3 Å². The number of hydrogen-bond donors (Lipinski definition) is 1. The molecule has 2 fully saturated rings. The van der Waals surface area contributed by atoms with E-state index in [1.54, 1.807) is 0 Å². The summed E-state index contributed by atoms with van der Waals surface area (Å²) in [7, 11) is 0. The second-order valence-corrected chi connectivity index (χ2v) is 10.2. The summed E-state index contributed by atoms with van der Waals surface area (Å²) in [6.45, 7) is 2.18. The fourth-order valence-electron chi connectivity index (χ4n) is 5.72. The molecule has 2 aromatic rings. The Morgan fingerprint density at radius 2 is 1.97 bits per heavy atom. The maximum Gasteiger partial charge on any atom is 0.258 e. The van der Waals surface area contributed by atoms with E-state index >= 15 is 0 Å². The molecule has 192 valence electrons. The molecule has 2 bridgehead atoms. The van der Waals surface area contributed by atoms with Crippen molar-refractivity contribution < 1.29 is 22.7 Å². The molecule has 4 unspecified atom stereocenters. The van der Waals surface area contributed by atoms with Crippen LogP contribution in [0.4, 0.5) is 13.2 Å². The molecular weight excluding hydrogens is 495 g/mol. The van der Waals surface area contributed by atoms with Crippen molar-refractivity contribution >= 4 is 23.1 Å². The normalized spacial score (nSPS) is 26.2. The highest BCUT2D eigenvalue weighted by molar-refractivity contribution is 6.30. The average molecular weight is 522 g/mol. The molecule has 7 nitrogen and oxygen atoms in total. The molecule has 1 aromatic carbocycles. The molecule has 36 heavy (non-hydrogen) atoms. The summed E-state index contributed by atoms with van der Waals surface area (Å²) in [6.07, 6.45) is 2.14. The first-order valence-corrected chi connectivity index (χ1v) is 12.3. The van der Waals surface area contributed by atoms with Crippen LogP contribution in [0.25, 0.3) is 5.57 Å². The number of fused-ring (bicyclic) bond motifs is 2. The van der Waals surface area contributed by atoms with Crippen molar-refractivity contribution in [2.24, 2.45) is 11.7 Å². The van der Waals surface area contributed by atoms with Crippen LogP contribution in [0.2, 0.25) is 5.02 Å². The number of nitrogens with zero attached hydrogens (tertiary/aromatic N) is 4. The number of halogens is 4. The van der Waals surface area contributed by atoms with Crippen LogP contribution >= 0.6 is 11.6 Å². The first-order chi connectivity index (χ1) is 17.2. The highest BCUT2D eigenvalue weighted by Crippen LogP contribution is 2.41. The van der Waals surface area contributed by atoms with Gasteiger partial charge in [0.2, 0.25) is 0 Å². The molecule has 0 spiro atoms. The van der Waals surface area contributed by atoms with Gasteiger partial charge in [-0.25, -0.2) is 23.1 Å². The fraction of sp³-hybridized carbons (Fsp3) is 0.480. The lowest BCUT2D eigenvalue weighted by Crippen LogP contribution is -2.49. The second kappa shape index (κ2) is 9.89. The molecule has 4 heterocycles. The van der Waals surface area contributed by atoms with Crippen LogP contribution in [0.1, 0.15) is 42.4 Å². The van der Waals surface area contributed by atoms with E-state index < -0.39 is 12.2 Å². The largest absolute Gasteiger partial charge is 0.489 e. The van der Waals surface area contributed by atoms with E-state index in [4.69, 9.17) is 22.1 Å². The van der Waals surface area contributed by atoms with Gasteiger partial charge in [-0.3, -0.25) is 9.69 Å². The minimum atomic E-state index is -2.39. The summed E-state index contributed by atoms with van der Waals surface area (Å²) < 4.78 is 46.6. The lowest BCUT2D eigenvalue weighted by Gasteiger charge is -2.39. The number of aromatic nitrogens is 2. The molecule has 0 radical (unpaired) electrons. The van der Waals surface area contributed by atoms with Crippen LogP contribution in [-0.4, -0.2) is 69.9 Å². The highest BCUT2D eigenvalue weighted by Gasteiger charge is 2.46. The van der Waals surface area contributed by atoms with Gasteiger partial charge in [-0.1, -0.05) is 18.5 Å². The number of ether oxygens (including phenoxy) is 1. The molecule has 4 atom stereocenters. The van der Waals surface area contributed by atoms with E-state index in [0.29, 0.717) is 35.0 Å². The molecule has 2 N–H and O–H groups in total. The number of benzene rings is 1. The quantitative estimate of drug-likeness (QED) is 0.619. The lowest BCUT2D eigenvalue weighted by molar-refractivity contribution is 0.00291. The molecule has 1 aromatic heterocycles. The Hall–Kier alpha value is -2.85. The predicted molar refractivity (Wildman–Crippen MR) is 128 cm³/mol. The van der Waals surface area contributed by atoms with E-state index in [0.717, 1.165) is 6.42 Å². The van der Waals surface area contributed by atoms with Crippen LogP contribution < -0.4 is 10.5 Å². The summed E-state index contributed by atoms with van der Waals surface area (Å²) in [5.41, 5.74) is 7.50. The van der Waals surface area contributed by atoms with Gasteiger partial charge in [0.15, 0.2) is 5.82 Å². The molecule has 3 aliphatic heterocycles. The minimum Gasteiger partial charge on any atom is -0.489 e. The van der Waals surface area contributed by atoms with Gasteiger partial charge in [0.25, 0.3) is 12.3 Å². The second-order valence-electron chi connectivity index (χ2n) is 9.76. The van der Waals surface area contributed by atoms with Crippen molar-refractivity contribution in [1.29, 1.82) is 0 Å². The van der Waals surface area contributed by atoms with Gasteiger partial charge >= 0.3 is 0 Å². The number of nitrogens with two attached hydrogens (primary N) is 1. The number of alkyl halides is 2. The number of carbonyl (C=O) groups is 1. The van der Waals surface area contributed by atoms with E-state index in [1.807, 2.05) is 4.90 Å². The molecule has 1 amide bonds. The monoisotopic (exact) mass is 521 g/mol. The van der Waals surface area contributed by atoms with E-state index in [-0.39, 0.29) is 61.0 Å². The van der Waals surface area contributed by atoms with Crippen molar-refractivity contribution in [2.45, 2.75) is 50.8 Å². The van der Waals surface area contributed by atoms with Crippen molar-refractivity contribution in [3.8, 4) is 5.75 Å². The van der Waals surface area contributed by atoms with E-state index in [9.17, 15) is 18.0 Å². The van der Waals surface area contributed by atoms with Gasteiger partial charge < -0.3 is 15.4 Å². The van der Waals surface area contributed by atoms with Crippen LogP contribution in [0, 0.1) is 11.7 Å². The number of rotatable bonds is 6. The van der Waals surface area contributed by atoms with Crippen molar-refractivity contribution in [2.75, 3.05) is 19.6 Å². The first kappa shape index (κ1) is 24.8. The lowest BCUT2D eigenvalue weighted by atomic mass is 9.97. The Bertz CT molecular complexity index is 1180. The zero-order chi connectivity index (χ0) is 25.6. The third-order valence-electron chi connectivity index (χ3n) is 7.33. The van der Waals surface area contributed by atoms with Crippen LogP contribution in [0.5, 0.6) is 5.75 Å². The fourth-order valence-corrected chi connectivity index (χ4v) is 5.82. The average Bonchev–Trinajstić information content (AvgIpc) is 3.28. The van der Waals surface area contributed by atoms with Gasteiger partial charge in [0, 0.05) is 48.2 Å². The summed E-state index contributed by atoms with van der Waals surface area (Å²) in [6, 6.07) is 3.78. The number of piperidine rings is 1. The molecular formula is C25H27ClF3N5O2. The number of amides is 1. The minimum absolute atomic E-state index is 0.0185. The Morgan fingerprint density at radius 3 is 2.67 bits per heavy atom. The zero-order valence-electron chi connectivity index (χ0n) is 19.7. The number of hydrogen-bond acceptors (Lipinski definition) is 6. The Labute approximate surface area is 212 Å². The van der Waals surface area contributed by atoms with Crippen molar-refractivity contribution in [3.05, 3.63) is 58.5 Å². The predicted octanol–water partition coefficient (Wildman–Crippen LogP) is 3.98. The standard InChI is InChI=1S/C25H27ClF3N5O2/c1-13-4-16-6-17(7-21(13)34(16)12-23(28)29)36-22-5-15(27)2-3-18(22)25(35)33-10-19(20(30)11-33)24-31-8-14(26)9-32-24/h2-3,5,8-9,13,16-17,21,23H,4,6-7,10-12,30H2,1H3. The molecule has 3 aliphatic rings. The summed E-state index contributed by atoms with van der Waals surface area (Å²) in [4.78, 5) is 25.2. The Balaban J connectivity index is 1.32. The third kappa shape index (κ3) is 4.88. The summed E-state index contributed by atoms with van der Waals surface area (Å²) in [5, 5.41) is 0.389. The van der Waals surface area contributed by atoms with Crippen molar-refractivity contribution in [3.63, 3.8) is 0 Å². The first-order valence-electron chi connectivity index (χ1n) is 11.9. The summed E-state index contributed by atoms with van der Waals surface area (Å²) in [5.74, 6) is -0.0779. The van der Waals surface area contributed by atoms with E-state index in [2.05, 4.69) is 16.9 Å². The maximum atomic E-state index is 14.2. The maximum absolute atomic E-state index is 14.2. The van der Waals surface area contributed by atoms with Crippen LogP contribution in [-0.2, 0) is 0 Å². The topological polar surface area (TPSA) is 84.6 Å².